The molecule has 1 saturated carbocycles. The van der Waals surface area contributed by atoms with Gasteiger partial charge >= 0.3 is 0 Å². The van der Waals surface area contributed by atoms with E-state index >= 15 is 0 Å². The van der Waals surface area contributed by atoms with E-state index in [2.05, 4.69) is 28.9 Å². The van der Waals surface area contributed by atoms with E-state index in [1.54, 1.807) is 14.0 Å². The Morgan fingerprint density at radius 2 is 1.66 bits per heavy atom. The molecule has 5 rings (SSSR count). The lowest BCUT2D eigenvalue weighted by molar-refractivity contribution is -0.133. The summed E-state index contributed by atoms with van der Waals surface area (Å²) in [5.74, 6) is 0.763. The standard InChI is InChI=1S/C27H32N2O3/c1-18(30)28-22-17-27(2)24(28)14-9-15-25(27)29(21(22)16-19-10-5-4-6-11-19)26(31)20-12-7-8-13-23(20)32-3/h4-8,10-13,21-22,24-25H,9,14-17H2,1-3H3/t21-,22-,24-,25+,27-/m0/s1. The van der Waals surface area contributed by atoms with Gasteiger partial charge in [0.05, 0.1) is 24.8 Å². The summed E-state index contributed by atoms with van der Waals surface area (Å²) in [6, 6.07) is 18.2. The first-order chi connectivity index (χ1) is 15.5. The van der Waals surface area contributed by atoms with Gasteiger partial charge in [-0.25, -0.2) is 0 Å². The minimum absolute atomic E-state index is 0.0235. The van der Waals surface area contributed by atoms with Crippen molar-refractivity contribution in [2.24, 2.45) is 5.41 Å². The van der Waals surface area contributed by atoms with Gasteiger partial charge < -0.3 is 14.5 Å². The summed E-state index contributed by atoms with van der Waals surface area (Å²) in [6.07, 6.45) is 4.76. The van der Waals surface area contributed by atoms with Crippen LogP contribution in [0.25, 0.3) is 0 Å². The molecule has 3 aliphatic rings. The maximum absolute atomic E-state index is 14.2. The van der Waals surface area contributed by atoms with Crippen molar-refractivity contribution >= 4 is 11.8 Å². The van der Waals surface area contributed by atoms with Gasteiger partial charge in [-0.2, -0.15) is 0 Å². The molecule has 5 atom stereocenters. The lowest BCUT2D eigenvalue weighted by Gasteiger charge is -2.53. The van der Waals surface area contributed by atoms with Crippen LogP contribution in [0.2, 0.25) is 0 Å². The van der Waals surface area contributed by atoms with Gasteiger partial charge in [-0.3, -0.25) is 9.59 Å². The summed E-state index contributed by atoms with van der Waals surface area (Å²) in [5.41, 5.74) is 1.73. The molecule has 2 aromatic rings. The van der Waals surface area contributed by atoms with E-state index in [1.165, 1.54) is 5.56 Å². The highest BCUT2D eigenvalue weighted by Crippen LogP contribution is 2.56. The van der Waals surface area contributed by atoms with Crippen LogP contribution in [0.4, 0.5) is 0 Å². The Balaban J connectivity index is 1.63. The Labute approximate surface area is 190 Å². The van der Waals surface area contributed by atoms with E-state index < -0.39 is 0 Å². The van der Waals surface area contributed by atoms with Crippen LogP contribution < -0.4 is 4.74 Å². The average Bonchev–Trinajstić information content (AvgIpc) is 3.12. The second-order valence-electron chi connectivity index (χ2n) is 9.84. The van der Waals surface area contributed by atoms with Crippen LogP contribution in [0.1, 0.15) is 55.5 Å². The Hall–Kier alpha value is -2.82. The number of methoxy groups -OCH3 is 1. The van der Waals surface area contributed by atoms with Crippen molar-refractivity contribution in [1.82, 2.24) is 9.80 Å². The third-order valence-electron chi connectivity index (χ3n) is 8.18. The molecular weight excluding hydrogens is 400 g/mol. The topological polar surface area (TPSA) is 49.9 Å². The fourth-order valence-corrected chi connectivity index (χ4v) is 6.89. The molecule has 2 heterocycles. The van der Waals surface area contributed by atoms with Gasteiger partial charge in [0.25, 0.3) is 5.91 Å². The quantitative estimate of drug-likeness (QED) is 0.723. The van der Waals surface area contributed by atoms with Gasteiger partial charge in [0.2, 0.25) is 5.91 Å². The molecule has 2 aromatic carbocycles. The van der Waals surface area contributed by atoms with Crippen molar-refractivity contribution in [3.8, 4) is 5.75 Å². The SMILES string of the molecule is COc1ccccc1C(=O)N1[C@@H](Cc2ccccc2)[C@@H]2C[C@@]3(C)[C@H](CCC[C@@H]13)N2C(C)=O. The molecule has 0 aromatic heterocycles. The number of benzene rings is 2. The molecule has 1 aliphatic carbocycles. The van der Waals surface area contributed by atoms with Gasteiger partial charge in [-0.15, -0.1) is 0 Å². The number of piperidine rings is 1. The first-order valence-corrected chi connectivity index (χ1v) is 11.7. The van der Waals surface area contributed by atoms with E-state index in [0.29, 0.717) is 11.3 Å². The molecule has 2 amide bonds. The first kappa shape index (κ1) is 21.0. The third-order valence-corrected chi connectivity index (χ3v) is 8.18. The predicted octanol–water partition coefficient (Wildman–Crippen LogP) is 4.31. The summed E-state index contributed by atoms with van der Waals surface area (Å²) in [7, 11) is 1.61. The normalized spacial score (nSPS) is 30.8. The van der Waals surface area contributed by atoms with Crippen LogP contribution in [0.3, 0.4) is 0 Å². The molecule has 0 unspecified atom stereocenters. The van der Waals surface area contributed by atoms with Crippen molar-refractivity contribution < 1.29 is 14.3 Å². The molecule has 2 bridgehead atoms. The molecule has 32 heavy (non-hydrogen) atoms. The van der Waals surface area contributed by atoms with Gasteiger partial charge in [0.15, 0.2) is 0 Å². The smallest absolute Gasteiger partial charge is 0.258 e. The molecule has 0 spiro atoms. The van der Waals surface area contributed by atoms with Crippen molar-refractivity contribution in [2.75, 3.05) is 7.11 Å². The van der Waals surface area contributed by atoms with E-state index in [4.69, 9.17) is 4.74 Å². The van der Waals surface area contributed by atoms with Crippen LogP contribution in [-0.4, -0.2) is 52.9 Å². The van der Waals surface area contributed by atoms with E-state index in [0.717, 1.165) is 32.1 Å². The molecule has 3 fully saturated rings. The van der Waals surface area contributed by atoms with Gasteiger partial charge in [0, 0.05) is 24.4 Å². The fourth-order valence-electron chi connectivity index (χ4n) is 6.89. The van der Waals surface area contributed by atoms with Crippen LogP contribution >= 0.6 is 0 Å². The van der Waals surface area contributed by atoms with Crippen molar-refractivity contribution in [2.45, 2.75) is 70.1 Å². The highest BCUT2D eigenvalue weighted by molar-refractivity contribution is 5.97. The zero-order chi connectivity index (χ0) is 22.5. The zero-order valence-corrected chi connectivity index (χ0v) is 19.2. The predicted molar refractivity (Wildman–Crippen MR) is 124 cm³/mol. The number of carbonyl (C=O) groups excluding carboxylic acids is 2. The number of hydrogen-bond donors (Lipinski definition) is 0. The van der Waals surface area contributed by atoms with Gasteiger partial charge in [0.1, 0.15) is 5.75 Å². The Kier molecular flexibility index (Phi) is 5.23. The average molecular weight is 433 g/mol. The summed E-state index contributed by atoms with van der Waals surface area (Å²) in [6.45, 7) is 4.00. The summed E-state index contributed by atoms with van der Waals surface area (Å²) in [5, 5.41) is 0. The zero-order valence-electron chi connectivity index (χ0n) is 19.2. The summed E-state index contributed by atoms with van der Waals surface area (Å²) < 4.78 is 5.56. The Bertz CT molecular complexity index is 1020. The summed E-state index contributed by atoms with van der Waals surface area (Å²) in [4.78, 5) is 31.3. The molecular formula is C27H32N2O3. The van der Waals surface area contributed by atoms with E-state index in [-0.39, 0.29) is 41.4 Å². The number of likely N-dealkylation sites (tertiary alicyclic amines) is 2. The number of hydrogen-bond acceptors (Lipinski definition) is 3. The molecule has 0 N–H and O–H groups in total. The van der Waals surface area contributed by atoms with E-state index in [9.17, 15) is 9.59 Å². The number of ether oxygens (including phenoxy) is 1. The van der Waals surface area contributed by atoms with Crippen LogP contribution in [-0.2, 0) is 11.2 Å². The van der Waals surface area contributed by atoms with Crippen LogP contribution in [0.15, 0.2) is 54.6 Å². The second-order valence-corrected chi connectivity index (χ2v) is 9.84. The summed E-state index contributed by atoms with van der Waals surface area (Å²) >= 11 is 0. The third kappa shape index (κ3) is 3.13. The number of carbonyl (C=O) groups is 2. The molecule has 5 nitrogen and oxygen atoms in total. The number of amides is 2. The van der Waals surface area contributed by atoms with Crippen molar-refractivity contribution in [1.29, 1.82) is 0 Å². The molecule has 2 saturated heterocycles. The minimum atomic E-state index is -0.0700. The van der Waals surface area contributed by atoms with Crippen LogP contribution in [0.5, 0.6) is 5.75 Å². The van der Waals surface area contributed by atoms with Crippen molar-refractivity contribution in [3.05, 3.63) is 65.7 Å². The molecule has 0 radical (unpaired) electrons. The molecule has 168 valence electrons. The number of rotatable bonds is 4. The number of nitrogens with zero attached hydrogens (tertiary/aromatic N) is 2. The molecule has 5 heteroatoms. The fraction of sp³-hybridized carbons (Fsp3) is 0.481. The highest BCUT2D eigenvalue weighted by Gasteiger charge is 2.64. The maximum Gasteiger partial charge on any atom is 0.258 e. The largest absolute Gasteiger partial charge is 0.496 e. The lowest BCUT2D eigenvalue weighted by Crippen LogP contribution is -2.62. The van der Waals surface area contributed by atoms with E-state index in [1.807, 2.05) is 42.5 Å². The minimum Gasteiger partial charge on any atom is -0.496 e. The Morgan fingerprint density at radius 3 is 2.34 bits per heavy atom. The Morgan fingerprint density at radius 1 is 1.00 bits per heavy atom. The van der Waals surface area contributed by atoms with Crippen molar-refractivity contribution in [3.63, 3.8) is 0 Å². The number of fused-ring (bicyclic) bond motifs is 1. The number of para-hydroxylation sites is 1. The van der Waals surface area contributed by atoms with Crippen LogP contribution in [0, 0.1) is 5.41 Å². The molecule has 2 aliphatic heterocycles. The first-order valence-electron chi connectivity index (χ1n) is 11.7. The van der Waals surface area contributed by atoms with Gasteiger partial charge in [-0.05, 0) is 49.8 Å². The lowest BCUT2D eigenvalue weighted by atomic mass is 9.64. The second kappa shape index (κ2) is 7.95. The highest BCUT2D eigenvalue weighted by atomic mass is 16.5. The monoisotopic (exact) mass is 432 g/mol. The maximum atomic E-state index is 14.2. The van der Waals surface area contributed by atoms with Gasteiger partial charge in [-0.1, -0.05) is 49.4 Å².